The molecule has 11 nitrogen and oxygen atoms in total. The maximum absolute atomic E-state index is 16.8. The fourth-order valence-electron chi connectivity index (χ4n) is 5.91. The van der Waals surface area contributed by atoms with Crippen LogP contribution in [0, 0.1) is 5.82 Å². The molecule has 0 unspecified atom stereocenters. The van der Waals surface area contributed by atoms with Crippen molar-refractivity contribution in [3.8, 4) is 17.0 Å². The Morgan fingerprint density at radius 2 is 1.79 bits per heavy atom. The number of nitrogens with zero attached hydrogens (tertiary/aromatic N) is 4. The van der Waals surface area contributed by atoms with E-state index in [1.165, 1.54) is 34.5 Å². The highest BCUT2D eigenvalue weighted by atomic mass is 35.5. The van der Waals surface area contributed by atoms with E-state index >= 15 is 4.39 Å². The van der Waals surface area contributed by atoms with Gasteiger partial charge in [0, 0.05) is 68.0 Å². The lowest BCUT2D eigenvalue weighted by Gasteiger charge is -2.42. The summed E-state index contributed by atoms with van der Waals surface area (Å²) in [7, 11) is -2.47. The topological polar surface area (TPSA) is 121 Å². The second kappa shape index (κ2) is 17.4. The molecule has 1 atom stereocenters. The number of aromatic nitrogens is 1. The van der Waals surface area contributed by atoms with Crippen molar-refractivity contribution in [2.45, 2.75) is 44.2 Å². The van der Waals surface area contributed by atoms with Gasteiger partial charge in [-0.3, -0.25) is 4.79 Å². The molecule has 2 amide bonds. The number of hydrogen-bond acceptors (Lipinski definition) is 8. The summed E-state index contributed by atoms with van der Waals surface area (Å²) in [6.07, 6.45) is 1.29. The third kappa shape index (κ3) is 8.95. The minimum atomic E-state index is -3.98. The molecule has 0 spiro atoms. The molecular weight excluding hydrogens is 732 g/mol. The van der Waals surface area contributed by atoms with Gasteiger partial charge in [0.05, 0.1) is 17.3 Å². The van der Waals surface area contributed by atoms with Crippen molar-refractivity contribution in [3.63, 3.8) is 0 Å². The number of carbonyl (C=O) groups is 2. The number of nitrogens with one attached hydrogen (secondary N) is 1. The van der Waals surface area contributed by atoms with Gasteiger partial charge in [-0.2, -0.15) is 4.31 Å². The van der Waals surface area contributed by atoms with Crippen LogP contribution in [0.4, 0.5) is 20.6 Å². The second-order valence-corrected chi connectivity index (χ2v) is 14.8. The number of benzene rings is 3. The number of halogens is 3. The second-order valence-electron chi connectivity index (χ2n) is 12.1. The first kappa shape index (κ1) is 38.8. The number of amides is 2. The van der Waals surface area contributed by atoms with Gasteiger partial charge in [-0.1, -0.05) is 60.5 Å². The number of pyridine rings is 1. The zero-order chi connectivity index (χ0) is 37.4. The van der Waals surface area contributed by atoms with Crippen LogP contribution in [0.2, 0.25) is 10.0 Å². The smallest absolute Gasteiger partial charge is 0.409 e. The molecule has 0 saturated carbocycles. The molecule has 1 aliphatic rings. The normalized spacial score (nSPS) is 14.9. The molecule has 4 aromatic rings. The first-order valence-corrected chi connectivity index (χ1v) is 19.0. The van der Waals surface area contributed by atoms with Gasteiger partial charge in [0.2, 0.25) is 21.8 Å². The lowest BCUT2D eigenvalue weighted by atomic mass is 10.0. The summed E-state index contributed by atoms with van der Waals surface area (Å²) in [5.74, 6) is -1.02. The van der Waals surface area contributed by atoms with Crippen LogP contribution in [0.15, 0.2) is 83.9 Å². The van der Waals surface area contributed by atoms with Crippen LogP contribution in [0.3, 0.4) is 0 Å². The average Bonchev–Trinajstić information content (AvgIpc) is 3.14. The molecule has 0 aliphatic carbocycles. The number of piperazine rings is 1. The molecule has 1 saturated heterocycles. The Balaban J connectivity index is 1.40. The summed E-state index contributed by atoms with van der Waals surface area (Å²) in [5.41, 5.74) is 1.67. The average molecular weight is 773 g/mol. The number of rotatable bonds is 13. The van der Waals surface area contributed by atoms with E-state index in [1.807, 2.05) is 42.2 Å². The standard InChI is InChI=1S/C37H40Cl2FN5O6S/c1-4-27-23-44(52(48,49)32-16-13-26(38)22-30(32)39)20-21-45(27)31-15-14-28(29-12-9-18-41-36(29)50-5-2)34(40)35(31)42-33(46)17-19-43(3)37(47)51-24-25-10-7-6-8-11-25/h6-16,18,22,27H,4-5,17,19-21,23-24H2,1-3H3,(H,42,46)/t27-/m1/s1. The quantitative estimate of drug-likeness (QED) is 0.149. The Morgan fingerprint density at radius 3 is 2.50 bits per heavy atom. The summed E-state index contributed by atoms with van der Waals surface area (Å²) in [5, 5.41) is 3.09. The highest BCUT2D eigenvalue weighted by molar-refractivity contribution is 7.89. The minimum absolute atomic E-state index is 0.00850. The van der Waals surface area contributed by atoms with Gasteiger partial charge in [0.1, 0.15) is 17.2 Å². The van der Waals surface area contributed by atoms with E-state index in [1.54, 1.807) is 37.4 Å². The Morgan fingerprint density at radius 1 is 1.02 bits per heavy atom. The number of hydrogen-bond donors (Lipinski definition) is 1. The van der Waals surface area contributed by atoms with Crippen LogP contribution in [-0.2, 0) is 26.2 Å². The fourth-order valence-corrected chi connectivity index (χ4v) is 8.12. The highest BCUT2D eigenvalue weighted by Crippen LogP contribution is 2.40. The zero-order valence-corrected chi connectivity index (χ0v) is 31.3. The molecular formula is C37H40Cl2FN5O6S. The van der Waals surface area contributed by atoms with E-state index in [2.05, 4.69) is 10.3 Å². The molecule has 3 aromatic carbocycles. The Labute approximate surface area is 313 Å². The minimum Gasteiger partial charge on any atom is -0.478 e. The van der Waals surface area contributed by atoms with Crippen molar-refractivity contribution in [1.82, 2.24) is 14.2 Å². The van der Waals surface area contributed by atoms with Crippen LogP contribution in [0.5, 0.6) is 5.88 Å². The van der Waals surface area contributed by atoms with Gasteiger partial charge in [-0.15, -0.1) is 0 Å². The zero-order valence-electron chi connectivity index (χ0n) is 29.0. The van der Waals surface area contributed by atoms with Crippen LogP contribution in [0.1, 0.15) is 32.3 Å². The first-order chi connectivity index (χ1) is 24.9. The van der Waals surface area contributed by atoms with Gasteiger partial charge < -0.3 is 24.6 Å². The van der Waals surface area contributed by atoms with E-state index in [-0.39, 0.29) is 66.3 Å². The number of carbonyl (C=O) groups excluding carboxylic acids is 2. The lowest BCUT2D eigenvalue weighted by molar-refractivity contribution is -0.116. The van der Waals surface area contributed by atoms with Crippen LogP contribution in [0.25, 0.3) is 11.1 Å². The van der Waals surface area contributed by atoms with Crippen molar-refractivity contribution < 1.29 is 31.9 Å². The fraction of sp³-hybridized carbons (Fsp3) is 0.324. The maximum atomic E-state index is 16.8. The predicted octanol–water partition coefficient (Wildman–Crippen LogP) is 7.48. The van der Waals surface area contributed by atoms with E-state index in [4.69, 9.17) is 32.7 Å². The van der Waals surface area contributed by atoms with Crippen molar-refractivity contribution >= 4 is 56.6 Å². The summed E-state index contributed by atoms with van der Waals surface area (Å²) in [4.78, 5) is 33.4. The van der Waals surface area contributed by atoms with Crippen LogP contribution in [-0.4, -0.2) is 80.5 Å². The van der Waals surface area contributed by atoms with Gasteiger partial charge in [-0.05, 0) is 61.4 Å². The largest absolute Gasteiger partial charge is 0.478 e. The summed E-state index contributed by atoms with van der Waals surface area (Å²) in [6.45, 7) is 4.44. The van der Waals surface area contributed by atoms with Gasteiger partial charge in [0.15, 0.2) is 5.82 Å². The molecule has 15 heteroatoms. The van der Waals surface area contributed by atoms with Crippen molar-refractivity contribution in [3.05, 3.63) is 100 Å². The van der Waals surface area contributed by atoms with Crippen molar-refractivity contribution in [1.29, 1.82) is 0 Å². The molecule has 0 radical (unpaired) electrons. The Bertz CT molecular complexity index is 2010. The highest BCUT2D eigenvalue weighted by Gasteiger charge is 2.36. The monoisotopic (exact) mass is 771 g/mol. The Hall–Kier alpha value is -4.43. The third-order valence-corrected chi connectivity index (χ3v) is 11.2. The molecule has 0 bridgehead atoms. The summed E-state index contributed by atoms with van der Waals surface area (Å²) in [6, 6.07) is 19.7. The molecule has 1 fully saturated rings. The molecule has 276 valence electrons. The molecule has 1 aliphatic heterocycles. The van der Waals surface area contributed by atoms with Crippen molar-refractivity contribution in [2.24, 2.45) is 0 Å². The number of ether oxygens (including phenoxy) is 2. The van der Waals surface area contributed by atoms with Gasteiger partial charge in [-0.25, -0.2) is 22.6 Å². The molecule has 2 heterocycles. The summed E-state index contributed by atoms with van der Waals surface area (Å²) < 4.78 is 56.5. The maximum Gasteiger partial charge on any atom is 0.409 e. The molecule has 1 aromatic heterocycles. The predicted molar refractivity (Wildman–Crippen MR) is 200 cm³/mol. The van der Waals surface area contributed by atoms with Gasteiger partial charge in [0.25, 0.3) is 0 Å². The van der Waals surface area contributed by atoms with Gasteiger partial charge >= 0.3 is 6.09 Å². The third-order valence-electron chi connectivity index (χ3n) is 8.66. The van der Waals surface area contributed by atoms with E-state index in [0.717, 1.165) is 5.56 Å². The van der Waals surface area contributed by atoms with E-state index < -0.39 is 33.9 Å². The number of sulfonamides is 1. The summed E-state index contributed by atoms with van der Waals surface area (Å²) >= 11 is 12.3. The number of anilines is 2. The van der Waals surface area contributed by atoms with Crippen LogP contribution >= 0.6 is 23.2 Å². The molecule has 5 rings (SSSR count). The SMILES string of the molecule is CCOc1ncccc1-c1ccc(N2CCN(S(=O)(=O)c3ccc(Cl)cc3Cl)C[C@H]2CC)c(NC(=O)CCN(C)C(=O)OCc2ccccc2)c1F. The van der Waals surface area contributed by atoms with E-state index in [0.29, 0.717) is 29.3 Å². The molecule has 1 N–H and O–H groups in total. The lowest BCUT2D eigenvalue weighted by Crippen LogP contribution is -2.54. The Kier molecular flexibility index (Phi) is 13.0. The van der Waals surface area contributed by atoms with Crippen molar-refractivity contribution in [2.75, 3.05) is 50.1 Å². The molecule has 52 heavy (non-hydrogen) atoms. The first-order valence-electron chi connectivity index (χ1n) is 16.8. The van der Waals surface area contributed by atoms with Crippen LogP contribution < -0.4 is 15.0 Å². The van der Waals surface area contributed by atoms with E-state index in [9.17, 15) is 18.0 Å².